The number of benzene rings is 3. The zero-order chi connectivity index (χ0) is 22.7. The van der Waals surface area contributed by atoms with Gasteiger partial charge in [-0.05, 0) is 48.0 Å². The Labute approximate surface area is 183 Å². The van der Waals surface area contributed by atoms with E-state index in [9.17, 15) is 14.4 Å². The zero-order valence-electron chi connectivity index (χ0n) is 17.3. The quantitative estimate of drug-likeness (QED) is 0.338. The third-order valence-corrected chi connectivity index (χ3v) is 4.81. The van der Waals surface area contributed by atoms with Crippen LogP contribution in [0.5, 0.6) is 17.2 Å². The predicted octanol–water partition coefficient (Wildman–Crippen LogP) is 4.32. The van der Waals surface area contributed by atoms with Gasteiger partial charge >= 0.3 is 11.9 Å². The van der Waals surface area contributed by atoms with Crippen molar-refractivity contribution in [1.29, 1.82) is 0 Å². The minimum atomic E-state index is -0.590. The summed E-state index contributed by atoms with van der Waals surface area (Å²) in [6.07, 6.45) is 1.57. The number of ether oxygens (including phenoxy) is 4. The molecule has 32 heavy (non-hydrogen) atoms. The van der Waals surface area contributed by atoms with E-state index in [4.69, 9.17) is 14.2 Å². The highest BCUT2D eigenvalue weighted by Crippen LogP contribution is 2.35. The van der Waals surface area contributed by atoms with Gasteiger partial charge in [0, 0.05) is 6.07 Å². The lowest BCUT2D eigenvalue weighted by molar-refractivity contribution is 0.0600. The Hall–Kier alpha value is -4.39. The van der Waals surface area contributed by atoms with E-state index >= 15 is 0 Å². The third-order valence-electron chi connectivity index (χ3n) is 4.81. The maximum absolute atomic E-state index is 12.7. The summed E-state index contributed by atoms with van der Waals surface area (Å²) in [4.78, 5) is 36.7. The Balaban J connectivity index is 1.52. The molecule has 0 fully saturated rings. The minimum Gasteiger partial charge on any atom is -0.496 e. The highest BCUT2D eigenvalue weighted by atomic mass is 16.5. The number of Topliss-reactive ketones (excluding diaryl/α,β-unsaturated/α-hetero) is 1. The van der Waals surface area contributed by atoms with Gasteiger partial charge in [-0.15, -0.1) is 0 Å². The average molecular weight is 430 g/mol. The van der Waals surface area contributed by atoms with Crippen LogP contribution in [0.2, 0.25) is 0 Å². The molecule has 0 saturated heterocycles. The van der Waals surface area contributed by atoms with Crippen LogP contribution >= 0.6 is 0 Å². The number of carbonyl (C=O) groups excluding carboxylic acids is 3. The molecular formula is C25H18O7. The Bertz CT molecular complexity index is 1240. The van der Waals surface area contributed by atoms with Gasteiger partial charge in [-0.3, -0.25) is 4.79 Å². The number of fused-ring (bicyclic) bond motifs is 1. The van der Waals surface area contributed by atoms with Gasteiger partial charge in [0.05, 0.1) is 25.3 Å². The molecule has 3 aromatic carbocycles. The number of ketones is 1. The molecule has 0 amide bonds. The molecule has 160 valence electrons. The lowest BCUT2D eigenvalue weighted by atomic mass is 10.1. The second-order valence-electron chi connectivity index (χ2n) is 6.80. The predicted molar refractivity (Wildman–Crippen MR) is 115 cm³/mol. The standard InChI is InChI=1S/C25H18O7/c1-29-20-6-4-3-5-19(20)25(28)31-17-11-12-18-21(14-17)32-22(23(18)26)13-15-7-9-16(10-8-15)24(27)30-2/h3-14H,1-2H3. The van der Waals surface area contributed by atoms with Crippen LogP contribution < -0.4 is 14.2 Å². The highest BCUT2D eigenvalue weighted by Gasteiger charge is 2.28. The van der Waals surface area contributed by atoms with E-state index in [1.807, 2.05) is 0 Å². The van der Waals surface area contributed by atoms with E-state index in [1.54, 1.807) is 60.7 Å². The SMILES string of the molecule is COC(=O)c1ccc(C=C2Oc3cc(OC(=O)c4ccccc4OC)ccc3C2=O)cc1. The van der Waals surface area contributed by atoms with Crippen molar-refractivity contribution in [1.82, 2.24) is 0 Å². The van der Waals surface area contributed by atoms with Crippen LogP contribution in [0.15, 0.2) is 72.5 Å². The normalized spacial score (nSPS) is 13.3. The van der Waals surface area contributed by atoms with Crippen LogP contribution in [0.25, 0.3) is 6.08 Å². The van der Waals surface area contributed by atoms with Crippen LogP contribution in [0.1, 0.15) is 36.6 Å². The fourth-order valence-corrected chi connectivity index (χ4v) is 3.19. The van der Waals surface area contributed by atoms with Crippen molar-refractivity contribution in [2.45, 2.75) is 0 Å². The maximum Gasteiger partial charge on any atom is 0.347 e. The molecule has 0 unspecified atom stereocenters. The van der Waals surface area contributed by atoms with E-state index in [2.05, 4.69) is 4.74 Å². The first kappa shape index (κ1) is 20.9. The summed E-state index contributed by atoms with van der Waals surface area (Å²) < 4.78 is 21.0. The van der Waals surface area contributed by atoms with Crippen molar-refractivity contribution in [2.75, 3.05) is 14.2 Å². The van der Waals surface area contributed by atoms with Gasteiger partial charge in [0.1, 0.15) is 22.8 Å². The molecule has 4 rings (SSSR count). The number of esters is 2. The molecule has 0 N–H and O–H groups in total. The number of hydrogen-bond acceptors (Lipinski definition) is 7. The Morgan fingerprint density at radius 3 is 2.38 bits per heavy atom. The lowest BCUT2D eigenvalue weighted by Gasteiger charge is -2.08. The Kier molecular flexibility index (Phi) is 5.72. The number of rotatable bonds is 5. The number of para-hydroxylation sites is 1. The first-order valence-electron chi connectivity index (χ1n) is 9.62. The summed E-state index contributed by atoms with van der Waals surface area (Å²) in [7, 11) is 2.78. The van der Waals surface area contributed by atoms with E-state index in [0.29, 0.717) is 22.4 Å². The van der Waals surface area contributed by atoms with Gasteiger partial charge in [0.2, 0.25) is 5.78 Å². The molecule has 0 bridgehead atoms. The molecule has 7 nitrogen and oxygen atoms in total. The van der Waals surface area contributed by atoms with E-state index in [-0.39, 0.29) is 28.6 Å². The van der Waals surface area contributed by atoms with Crippen molar-refractivity contribution >= 4 is 23.8 Å². The fourth-order valence-electron chi connectivity index (χ4n) is 3.19. The van der Waals surface area contributed by atoms with Crippen LogP contribution in [-0.2, 0) is 4.74 Å². The molecule has 1 aliphatic rings. The summed E-state index contributed by atoms with van der Waals surface area (Å²) in [5.41, 5.74) is 1.72. The van der Waals surface area contributed by atoms with Crippen molar-refractivity contribution in [3.63, 3.8) is 0 Å². The fraction of sp³-hybridized carbons (Fsp3) is 0.0800. The van der Waals surface area contributed by atoms with Gasteiger partial charge in [-0.1, -0.05) is 24.3 Å². The van der Waals surface area contributed by atoms with Crippen LogP contribution in [0.4, 0.5) is 0 Å². The first-order chi connectivity index (χ1) is 15.5. The molecular weight excluding hydrogens is 412 g/mol. The summed E-state index contributed by atoms with van der Waals surface area (Å²) in [5.74, 6) is -0.283. The molecule has 3 aromatic rings. The first-order valence-corrected chi connectivity index (χ1v) is 9.62. The minimum absolute atomic E-state index is 0.124. The zero-order valence-corrected chi connectivity index (χ0v) is 17.3. The molecule has 0 saturated carbocycles. The third kappa shape index (κ3) is 4.09. The van der Waals surface area contributed by atoms with Gasteiger partial charge in [-0.25, -0.2) is 9.59 Å². The van der Waals surface area contributed by atoms with E-state index in [1.165, 1.54) is 26.4 Å². The second-order valence-corrected chi connectivity index (χ2v) is 6.80. The lowest BCUT2D eigenvalue weighted by Crippen LogP contribution is -2.10. The molecule has 1 aliphatic heterocycles. The summed E-state index contributed by atoms with van der Waals surface area (Å²) in [5, 5.41) is 0. The largest absolute Gasteiger partial charge is 0.496 e. The molecule has 1 heterocycles. The smallest absolute Gasteiger partial charge is 0.347 e. The van der Waals surface area contributed by atoms with Crippen molar-refractivity contribution in [3.05, 3.63) is 94.7 Å². The number of carbonyl (C=O) groups is 3. The molecule has 0 spiro atoms. The van der Waals surface area contributed by atoms with Crippen molar-refractivity contribution in [2.24, 2.45) is 0 Å². The highest BCUT2D eigenvalue weighted by molar-refractivity contribution is 6.14. The van der Waals surface area contributed by atoms with Gasteiger partial charge in [-0.2, -0.15) is 0 Å². The van der Waals surface area contributed by atoms with Crippen LogP contribution in [0.3, 0.4) is 0 Å². The van der Waals surface area contributed by atoms with Crippen LogP contribution in [-0.4, -0.2) is 31.9 Å². The molecule has 0 radical (unpaired) electrons. The van der Waals surface area contributed by atoms with E-state index in [0.717, 1.165) is 0 Å². The van der Waals surface area contributed by atoms with Crippen molar-refractivity contribution in [3.8, 4) is 17.2 Å². The van der Waals surface area contributed by atoms with Gasteiger partial charge in [0.25, 0.3) is 0 Å². The number of allylic oxidation sites excluding steroid dienone is 1. The van der Waals surface area contributed by atoms with Crippen molar-refractivity contribution < 1.29 is 33.3 Å². The Morgan fingerprint density at radius 2 is 1.66 bits per heavy atom. The molecule has 7 heteroatoms. The maximum atomic E-state index is 12.7. The topological polar surface area (TPSA) is 88.1 Å². The van der Waals surface area contributed by atoms with Gasteiger partial charge < -0.3 is 18.9 Å². The summed E-state index contributed by atoms with van der Waals surface area (Å²) >= 11 is 0. The van der Waals surface area contributed by atoms with E-state index < -0.39 is 11.9 Å². The van der Waals surface area contributed by atoms with Crippen LogP contribution in [0, 0.1) is 0 Å². The summed E-state index contributed by atoms with van der Waals surface area (Å²) in [6.45, 7) is 0. The monoisotopic (exact) mass is 430 g/mol. The van der Waals surface area contributed by atoms with Gasteiger partial charge in [0.15, 0.2) is 5.76 Å². The number of methoxy groups -OCH3 is 2. The average Bonchev–Trinajstić information content (AvgIpc) is 3.13. The molecule has 0 atom stereocenters. The number of hydrogen-bond donors (Lipinski definition) is 0. The molecule has 0 aliphatic carbocycles. The second kappa shape index (κ2) is 8.77. The molecule has 0 aromatic heterocycles. The summed E-state index contributed by atoms with van der Waals surface area (Å²) in [6, 6.07) is 17.8. The Morgan fingerprint density at radius 1 is 0.906 bits per heavy atom.